The molecular weight excluding hydrogens is 388 g/mol. The molecule has 0 amide bonds. The standard InChI is InChI=1S/C15H21BrO4S2/c16-14-9-4-5-10-15(14)22(19,20)12-6-11-21(17,18)13-7-2-1-3-8-13/h4-5,9-10,13H,1-3,6-8,11-12H2. The van der Waals surface area contributed by atoms with E-state index in [1.54, 1.807) is 18.2 Å². The van der Waals surface area contributed by atoms with Crippen molar-refractivity contribution in [3.05, 3.63) is 28.7 Å². The summed E-state index contributed by atoms with van der Waals surface area (Å²) in [7, 11) is -6.63. The molecule has 0 aliphatic heterocycles. The summed E-state index contributed by atoms with van der Waals surface area (Å²) in [6.07, 6.45) is 4.61. The third-order valence-electron chi connectivity index (χ3n) is 4.07. The average Bonchev–Trinajstić information content (AvgIpc) is 2.48. The number of hydrogen-bond donors (Lipinski definition) is 0. The van der Waals surface area contributed by atoms with E-state index < -0.39 is 19.7 Å². The van der Waals surface area contributed by atoms with E-state index >= 15 is 0 Å². The van der Waals surface area contributed by atoms with Gasteiger partial charge in [0.05, 0.1) is 21.7 Å². The summed E-state index contributed by atoms with van der Waals surface area (Å²) in [6, 6.07) is 6.62. The SMILES string of the molecule is O=S(=O)(CCCS(=O)(=O)C1CCCCC1)c1ccccc1Br. The first-order valence-electron chi connectivity index (χ1n) is 7.52. The maximum Gasteiger partial charge on any atom is 0.179 e. The second-order valence-electron chi connectivity index (χ2n) is 5.73. The lowest BCUT2D eigenvalue weighted by Crippen LogP contribution is -2.27. The zero-order valence-corrected chi connectivity index (χ0v) is 15.6. The maximum absolute atomic E-state index is 12.3. The second kappa shape index (κ2) is 7.45. The summed E-state index contributed by atoms with van der Waals surface area (Å²) in [5.41, 5.74) is 0. The predicted molar refractivity (Wildman–Crippen MR) is 91.5 cm³/mol. The van der Waals surface area contributed by atoms with Crippen molar-refractivity contribution in [2.75, 3.05) is 11.5 Å². The monoisotopic (exact) mass is 408 g/mol. The third kappa shape index (κ3) is 4.55. The van der Waals surface area contributed by atoms with Crippen LogP contribution in [0.15, 0.2) is 33.6 Å². The zero-order chi connectivity index (χ0) is 16.2. The van der Waals surface area contributed by atoms with Crippen LogP contribution in [0.5, 0.6) is 0 Å². The third-order valence-corrected chi connectivity index (χ3v) is 9.22. The van der Waals surface area contributed by atoms with Gasteiger partial charge in [0, 0.05) is 4.47 Å². The van der Waals surface area contributed by atoms with E-state index in [0.717, 1.165) is 32.1 Å². The van der Waals surface area contributed by atoms with Crippen molar-refractivity contribution in [3.63, 3.8) is 0 Å². The summed E-state index contributed by atoms with van der Waals surface area (Å²) in [5, 5.41) is -0.271. The summed E-state index contributed by atoms with van der Waals surface area (Å²) >= 11 is 3.23. The summed E-state index contributed by atoms with van der Waals surface area (Å²) in [5.74, 6) is -0.178. The lowest BCUT2D eigenvalue weighted by molar-refractivity contribution is 0.483. The topological polar surface area (TPSA) is 68.3 Å². The molecular formula is C15H21BrO4S2. The van der Waals surface area contributed by atoms with Crippen LogP contribution in [0.3, 0.4) is 0 Å². The molecule has 22 heavy (non-hydrogen) atoms. The molecule has 0 spiro atoms. The highest BCUT2D eigenvalue weighted by Gasteiger charge is 2.27. The minimum absolute atomic E-state index is 0.0403. The average molecular weight is 409 g/mol. The van der Waals surface area contributed by atoms with Crippen molar-refractivity contribution in [1.82, 2.24) is 0 Å². The molecule has 0 unspecified atom stereocenters. The van der Waals surface area contributed by atoms with Crippen LogP contribution < -0.4 is 0 Å². The Kier molecular flexibility index (Phi) is 6.07. The molecule has 1 aromatic rings. The molecule has 0 saturated heterocycles. The maximum atomic E-state index is 12.3. The molecule has 1 fully saturated rings. The first-order valence-corrected chi connectivity index (χ1v) is 11.7. The smallest absolute Gasteiger partial charge is 0.179 e. The fourth-order valence-corrected chi connectivity index (χ4v) is 7.38. The molecule has 4 nitrogen and oxygen atoms in total. The van der Waals surface area contributed by atoms with Crippen LogP contribution in [-0.4, -0.2) is 33.6 Å². The van der Waals surface area contributed by atoms with E-state index in [-0.39, 0.29) is 28.1 Å². The fourth-order valence-electron chi connectivity index (χ4n) is 2.85. The van der Waals surface area contributed by atoms with Gasteiger partial charge in [-0.25, -0.2) is 16.8 Å². The second-order valence-corrected chi connectivity index (χ2v) is 11.1. The first-order chi connectivity index (χ1) is 10.3. The van der Waals surface area contributed by atoms with Crippen LogP contribution in [0.4, 0.5) is 0 Å². The van der Waals surface area contributed by atoms with E-state index in [2.05, 4.69) is 15.9 Å². The van der Waals surface area contributed by atoms with E-state index in [1.165, 1.54) is 6.07 Å². The first kappa shape index (κ1) is 17.9. The lowest BCUT2D eigenvalue weighted by Gasteiger charge is -2.21. The van der Waals surface area contributed by atoms with Crippen LogP contribution in [0.2, 0.25) is 0 Å². The Bertz CT molecular complexity index is 705. The molecule has 1 aromatic carbocycles. The van der Waals surface area contributed by atoms with Gasteiger partial charge in [0.2, 0.25) is 0 Å². The van der Waals surface area contributed by atoms with Crippen molar-refractivity contribution in [2.24, 2.45) is 0 Å². The largest absolute Gasteiger partial charge is 0.229 e. The molecule has 0 atom stereocenters. The lowest BCUT2D eigenvalue weighted by atomic mass is 10.0. The summed E-state index contributed by atoms with van der Waals surface area (Å²) < 4.78 is 49.6. The molecule has 2 rings (SSSR count). The number of halogens is 1. The van der Waals surface area contributed by atoms with Gasteiger partial charge in [-0.3, -0.25) is 0 Å². The van der Waals surface area contributed by atoms with Gasteiger partial charge >= 0.3 is 0 Å². The van der Waals surface area contributed by atoms with E-state index in [1.807, 2.05) is 0 Å². The van der Waals surface area contributed by atoms with Gasteiger partial charge in [-0.1, -0.05) is 31.4 Å². The zero-order valence-electron chi connectivity index (χ0n) is 12.4. The highest BCUT2D eigenvalue weighted by Crippen LogP contribution is 2.26. The molecule has 124 valence electrons. The van der Waals surface area contributed by atoms with Gasteiger partial charge in [-0.15, -0.1) is 0 Å². The Labute approximate surface area is 141 Å². The van der Waals surface area contributed by atoms with Gasteiger partial charge in [-0.05, 0) is 47.3 Å². The van der Waals surface area contributed by atoms with Gasteiger partial charge in [0.25, 0.3) is 0 Å². The van der Waals surface area contributed by atoms with Crippen LogP contribution >= 0.6 is 15.9 Å². The molecule has 1 saturated carbocycles. The van der Waals surface area contributed by atoms with Crippen molar-refractivity contribution >= 4 is 35.6 Å². The predicted octanol–water partition coefficient (Wildman–Crippen LogP) is 3.36. The Morgan fingerprint density at radius 2 is 1.59 bits per heavy atom. The number of benzene rings is 1. The number of hydrogen-bond acceptors (Lipinski definition) is 4. The van der Waals surface area contributed by atoms with Gasteiger partial charge < -0.3 is 0 Å². The van der Waals surface area contributed by atoms with E-state index in [0.29, 0.717) is 4.47 Å². The molecule has 0 bridgehead atoms. The van der Waals surface area contributed by atoms with Gasteiger partial charge in [0.15, 0.2) is 19.7 Å². The summed E-state index contributed by atoms with van der Waals surface area (Å²) in [6.45, 7) is 0. The van der Waals surface area contributed by atoms with Crippen molar-refractivity contribution < 1.29 is 16.8 Å². The van der Waals surface area contributed by atoms with Crippen molar-refractivity contribution in [2.45, 2.75) is 48.7 Å². The van der Waals surface area contributed by atoms with Crippen molar-refractivity contribution in [1.29, 1.82) is 0 Å². The molecule has 7 heteroatoms. The molecule has 1 aliphatic rings. The molecule has 1 aliphatic carbocycles. The van der Waals surface area contributed by atoms with E-state index in [4.69, 9.17) is 0 Å². The van der Waals surface area contributed by atoms with Gasteiger partial charge in [-0.2, -0.15) is 0 Å². The number of rotatable bonds is 6. The number of sulfone groups is 2. The molecule has 0 N–H and O–H groups in total. The fraction of sp³-hybridized carbons (Fsp3) is 0.600. The Hall–Kier alpha value is -0.400. The molecule has 0 aromatic heterocycles. The van der Waals surface area contributed by atoms with Crippen LogP contribution in [0.25, 0.3) is 0 Å². The summed E-state index contributed by atoms with van der Waals surface area (Å²) in [4.78, 5) is 0.227. The highest BCUT2D eigenvalue weighted by molar-refractivity contribution is 9.10. The Balaban J connectivity index is 1.97. The van der Waals surface area contributed by atoms with Crippen LogP contribution in [0.1, 0.15) is 38.5 Å². The van der Waals surface area contributed by atoms with Crippen LogP contribution in [0, 0.1) is 0 Å². The normalized spacial score (nSPS) is 17.5. The molecule has 0 heterocycles. The van der Waals surface area contributed by atoms with E-state index in [9.17, 15) is 16.8 Å². The minimum Gasteiger partial charge on any atom is -0.229 e. The quantitative estimate of drug-likeness (QED) is 0.723. The van der Waals surface area contributed by atoms with Crippen molar-refractivity contribution in [3.8, 4) is 0 Å². The Morgan fingerprint density at radius 3 is 2.23 bits per heavy atom. The molecule has 0 radical (unpaired) electrons. The minimum atomic E-state index is -3.46. The highest BCUT2D eigenvalue weighted by atomic mass is 79.9. The van der Waals surface area contributed by atoms with Gasteiger partial charge in [0.1, 0.15) is 0 Å². The Morgan fingerprint density at radius 1 is 0.955 bits per heavy atom. The van der Waals surface area contributed by atoms with Crippen LogP contribution in [-0.2, 0) is 19.7 Å².